The van der Waals surface area contributed by atoms with E-state index in [1.165, 1.54) is 0 Å². The van der Waals surface area contributed by atoms with Crippen LogP contribution in [-0.4, -0.2) is 26.7 Å². The van der Waals surface area contributed by atoms with Crippen LogP contribution >= 0.6 is 11.3 Å². The molecule has 0 aromatic carbocycles. The topological polar surface area (TPSA) is 67.9 Å². The lowest BCUT2D eigenvalue weighted by Crippen LogP contribution is -2.24. The largest absolute Gasteiger partial charge is 0.346 e. The van der Waals surface area contributed by atoms with Gasteiger partial charge in [-0.2, -0.15) is 4.98 Å². The Hall–Kier alpha value is -2.02. The van der Waals surface area contributed by atoms with Crippen molar-refractivity contribution in [3.05, 3.63) is 29.5 Å². The zero-order valence-corrected chi connectivity index (χ0v) is 12.5. The predicted molar refractivity (Wildman–Crippen MR) is 80.4 cm³/mol. The van der Waals surface area contributed by atoms with Crippen LogP contribution in [0.15, 0.2) is 22.3 Å². The summed E-state index contributed by atoms with van der Waals surface area (Å²) in [6.07, 6.45) is 4.54. The summed E-state index contributed by atoms with van der Waals surface area (Å²) in [5, 5.41) is 7.30. The van der Waals surface area contributed by atoms with E-state index < -0.39 is 0 Å². The molecule has 0 spiro atoms. The van der Waals surface area contributed by atoms with E-state index in [0.29, 0.717) is 5.89 Å². The molecule has 0 bridgehead atoms. The minimum Gasteiger partial charge on any atom is -0.346 e. The first-order chi connectivity index (χ1) is 10.4. The smallest absolute Gasteiger partial charge is 0.226 e. The highest BCUT2D eigenvalue weighted by Gasteiger charge is 2.32. The molecule has 6 nitrogen and oxygen atoms in total. The van der Waals surface area contributed by atoms with Crippen LogP contribution in [0.3, 0.4) is 0 Å². The molecule has 0 N–H and O–H groups in total. The minimum atomic E-state index is 0.145. The van der Waals surface area contributed by atoms with Gasteiger partial charge in [0.1, 0.15) is 17.0 Å². The molecular weight excluding hydrogens is 286 g/mol. The van der Waals surface area contributed by atoms with Crippen molar-refractivity contribution < 1.29 is 4.52 Å². The molecule has 1 saturated heterocycles. The Labute approximate surface area is 125 Å². The van der Waals surface area contributed by atoms with Gasteiger partial charge in [-0.25, -0.2) is 9.97 Å². The lowest BCUT2D eigenvalue weighted by Gasteiger charge is -2.23. The third-order valence-electron chi connectivity index (χ3n) is 3.85. The highest BCUT2D eigenvalue weighted by molar-refractivity contribution is 7.16. The Bertz CT molecular complexity index is 767. The Morgan fingerprint density at radius 3 is 3.24 bits per heavy atom. The van der Waals surface area contributed by atoms with E-state index in [9.17, 15) is 0 Å². The van der Waals surface area contributed by atoms with Gasteiger partial charge in [-0.15, -0.1) is 11.3 Å². The molecule has 0 aliphatic carbocycles. The van der Waals surface area contributed by atoms with Gasteiger partial charge in [0.15, 0.2) is 5.82 Å². The van der Waals surface area contributed by atoms with Crippen LogP contribution in [0.5, 0.6) is 0 Å². The van der Waals surface area contributed by atoms with Crippen LogP contribution in [0, 0.1) is 0 Å². The fourth-order valence-corrected chi connectivity index (χ4v) is 3.57. The average molecular weight is 301 g/mol. The Kier molecular flexibility index (Phi) is 3.07. The first-order valence-corrected chi connectivity index (χ1v) is 8.02. The first-order valence-electron chi connectivity index (χ1n) is 7.14. The maximum atomic E-state index is 5.26. The normalized spacial score (nSPS) is 18.7. The molecule has 0 radical (unpaired) electrons. The van der Waals surface area contributed by atoms with Crippen molar-refractivity contribution in [2.75, 3.05) is 11.4 Å². The van der Waals surface area contributed by atoms with Gasteiger partial charge in [0.25, 0.3) is 0 Å². The van der Waals surface area contributed by atoms with E-state index in [2.05, 4.69) is 36.5 Å². The van der Waals surface area contributed by atoms with Gasteiger partial charge in [0, 0.05) is 13.0 Å². The van der Waals surface area contributed by atoms with Gasteiger partial charge in [-0.3, -0.25) is 0 Å². The monoisotopic (exact) mass is 301 g/mol. The Morgan fingerprint density at radius 1 is 1.43 bits per heavy atom. The van der Waals surface area contributed by atoms with E-state index in [4.69, 9.17) is 4.52 Å². The number of hydrogen-bond acceptors (Lipinski definition) is 7. The average Bonchev–Trinajstić information content (AvgIpc) is 3.25. The van der Waals surface area contributed by atoms with Crippen molar-refractivity contribution >= 4 is 27.4 Å². The highest BCUT2D eigenvalue weighted by atomic mass is 32.1. The lowest BCUT2D eigenvalue weighted by molar-refractivity contribution is 0.373. The second kappa shape index (κ2) is 5.07. The fourth-order valence-electron chi connectivity index (χ4n) is 2.84. The van der Waals surface area contributed by atoms with Gasteiger partial charge < -0.3 is 9.42 Å². The van der Waals surface area contributed by atoms with Gasteiger partial charge >= 0.3 is 0 Å². The SMILES string of the molecule is CCc1nc(C2CCCN2c2ncnc3sccc23)no1. The number of aromatic nitrogens is 4. The van der Waals surface area contributed by atoms with Crippen molar-refractivity contribution in [1.82, 2.24) is 20.1 Å². The zero-order chi connectivity index (χ0) is 14.2. The maximum absolute atomic E-state index is 5.26. The molecule has 21 heavy (non-hydrogen) atoms. The molecule has 1 fully saturated rings. The zero-order valence-electron chi connectivity index (χ0n) is 11.7. The van der Waals surface area contributed by atoms with Crippen LogP contribution in [0.1, 0.15) is 37.5 Å². The van der Waals surface area contributed by atoms with Crippen molar-refractivity contribution in [3.8, 4) is 0 Å². The molecule has 1 unspecified atom stereocenters. The predicted octanol–water partition coefficient (Wildman–Crippen LogP) is 2.98. The quantitative estimate of drug-likeness (QED) is 0.741. The summed E-state index contributed by atoms with van der Waals surface area (Å²) in [4.78, 5) is 16.6. The van der Waals surface area contributed by atoms with Crippen LogP contribution in [0.25, 0.3) is 10.2 Å². The molecule has 4 heterocycles. The minimum absolute atomic E-state index is 0.145. The van der Waals surface area contributed by atoms with Gasteiger partial charge in [0.05, 0.1) is 11.4 Å². The molecule has 3 aromatic rings. The van der Waals surface area contributed by atoms with E-state index in [-0.39, 0.29) is 6.04 Å². The van der Waals surface area contributed by atoms with Crippen molar-refractivity contribution in [2.45, 2.75) is 32.2 Å². The van der Waals surface area contributed by atoms with Crippen LogP contribution in [0.2, 0.25) is 0 Å². The number of thiophene rings is 1. The summed E-state index contributed by atoms with van der Waals surface area (Å²) in [5.74, 6) is 2.44. The molecule has 4 rings (SSSR count). The Morgan fingerprint density at radius 2 is 2.38 bits per heavy atom. The van der Waals surface area contributed by atoms with Crippen molar-refractivity contribution in [2.24, 2.45) is 0 Å². The van der Waals surface area contributed by atoms with Crippen LogP contribution in [-0.2, 0) is 6.42 Å². The lowest BCUT2D eigenvalue weighted by atomic mass is 10.2. The van der Waals surface area contributed by atoms with E-state index in [1.807, 2.05) is 6.92 Å². The molecule has 0 amide bonds. The van der Waals surface area contributed by atoms with E-state index >= 15 is 0 Å². The standard InChI is InChI=1S/C14H15N5OS/c1-2-11-17-12(18-20-11)10-4-3-6-19(10)13-9-5-7-21-14(9)16-8-15-13/h5,7-8,10H,2-4,6H2,1H3. The van der Waals surface area contributed by atoms with Crippen molar-refractivity contribution in [3.63, 3.8) is 0 Å². The van der Waals surface area contributed by atoms with Crippen LogP contribution < -0.4 is 4.90 Å². The molecule has 0 saturated carbocycles. The molecule has 1 atom stereocenters. The number of fused-ring (bicyclic) bond motifs is 1. The first kappa shape index (κ1) is 12.7. The molecule has 7 heteroatoms. The molecule has 3 aromatic heterocycles. The number of hydrogen-bond donors (Lipinski definition) is 0. The van der Waals surface area contributed by atoms with Gasteiger partial charge in [-0.05, 0) is 24.3 Å². The van der Waals surface area contributed by atoms with Crippen molar-refractivity contribution in [1.29, 1.82) is 0 Å². The second-order valence-electron chi connectivity index (χ2n) is 5.09. The second-order valence-corrected chi connectivity index (χ2v) is 5.98. The molecule has 108 valence electrons. The van der Waals surface area contributed by atoms with Gasteiger partial charge in [0.2, 0.25) is 5.89 Å². The summed E-state index contributed by atoms with van der Waals surface area (Å²) >= 11 is 1.64. The summed E-state index contributed by atoms with van der Waals surface area (Å²) < 4.78 is 5.26. The maximum Gasteiger partial charge on any atom is 0.226 e. The van der Waals surface area contributed by atoms with E-state index in [0.717, 1.165) is 47.7 Å². The number of aryl methyl sites for hydroxylation is 1. The fraction of sp³-hybridized carbons (Fsp3) is 0.429. The van der Waals surface area contributed by atoms with E-state index in [1.54, 1.807) is 17.7 Å². The highest BCUT2D eigenvalue weighted by Crippen LogP contribution is 2.37. The summed E-state index contributed by atoms with van der Waals surface area (Å²) in [6, 6.07) is 2.23. The number of rotatable bonds is 3. The van der Waals surface area contributed by atoms with Gasteiger partial charge in [-0.1, -0.05) is 12.1 Å². The summed E-state index contributed by atoms with van der Waals surface area (Å²) in [6.45, 7) is 2.98. The molecular formula is C14H15N5OS. The third kappa shape index (κ3) is 2.08. The number of nitrogens with zero attached hydrogens (tertiary/aromatic N) is 5. The molecule has 1 aliphatic rings. The molecule has 1 aliphatic heterocycles. The third-order valence-corrected chi connectivity index (χ3v) is 4.67. The summed E-state index contributed by atoms with van der Waals surface area (Å²) in [7, 11) is 0. The number of anilines is 1. The van der Waals surface area contributed by atoms with Crippen LogP contribution in [0.4, 0.5) is 5.82 Å². The Balaban J connectivity index is 1.74. The summed E-state index contributed by atoms with van der Waals surface area (Å²) in [5.41, 5.74) is 0.